The number of hydrogen-bond acceptors (Lipinski definition) is 6. The first-order valence-corrected chi connectivity index (χ1v) is 8.50. The minimum atomic E-state index is -0.685. The topological polar surface area (TPSA) is 97.9 Å². The van der Waals surface area contributed by atoms with Crippen LogP contribution in [0.25, 0.3) is 0 Å². The van der Waals surface area contributed by atoms with Crippen LogP contribution < -0.4 is 9.47 Å². The van der Waals surface area contributed by atoms with Crippen molar-refractivity contribution in [3.8, 4) is 11.5 Å². The van der Waals surface area contributed by atoms with E-state index >= 15 is 0 Å². The summed E-state index contributed by atoms with van der Waals surface area (Å²) in [5.41, 5.74) is 1.40. The molecule has 1 amide bonds. The Balaban J connectivity index is 1.56. The van der Waals surface area contributed by atoms with Crippen LogP contribution in [0.15, 0.2) is 30.5 Å². The molecule has 0 aliphatic carbocycles. The van der Waals surface area contributed by atoms with Gasteiger partial charge in [0, 0.05) is 24.8 Å². The Labute approximate surface area is 156 Å². The number of Topliss-reactive ketones (excluding diaryl/α,β-unsaturated/α-hetero) is 1. The predicted octanol–water partition coefficient (Wildman–Crippen LogP) is 2.15. The minimum absolute atomic E-state index is 0.131. The van der Waals surface area contributed by atoms with E-state index in [1.807, 2.05) is 19.1 Å². The van der Waals surface area contributed by atoms with Crippen molar-refractivity contribution in [2.24, 2.45) is 0 Å². The SMILES string of the molecule is CCN(Cc1ccc2c(c1)OCO2)C(=O)COC(=O)c1cc(C(C)=O)c[nH]1. The zero-order valence-electron chi connectivity index (χ0n) is 15.1. The van der Waals surface area contributed by atoms with Gasteiger partial charge in [-0.25, -0.2) is 4.79 Å². The van der Waals surface area contributed by atoms with Crippen molar-refractivity contribution < 1.29 is 28.6 Å². The quantitative estimate of drug-likeness (QED) is 0.591. The number of hydrogen-bond donors (Lipinski definition) is 1. The summed E-state index contributed by atoms with van der Waals surface area (Å²) < 4.78 is 15.7. The molecule has 0 spiro atoms. The van der Waals surface area contributed by atoms with E-state index in [1.54, 1.807) is 11.0 Å². The van der Waals surface area contributed by atoms with Crippen LogP contribution in [0, 0.1) is 0 Å². The molecule has 8 nitrogen and oxygen atoms in total. The lowest BCUT2D eigenvalue weighted by Gasteiger charge is -2.21. The van der Waals surface area contributed by atoms with E-state index in [9.17, 15) is 14.4 Å². The number of aromatic amines is 1. The number of ether oxygens (including phenoxy) is 3. The van der Waals surface area contributed by atoms with Crippen LogP contribution in [0.1, 0.15) is 40.3 Å². The number of rotatable bonds is 7. The van der Waals surface area contributed by atoms with Gasteiger partial charge in [0.05, 0.1) is 0 Å². The normalized spacial score (nSPS) is 11.9. The first-order valence-electron chi connectivity index (χ1n) is 8.50. The van der Waals surface area contributed by atoms with E-state index in [0.29, 0.717) is 30.2 Å². The molecule has 1 aliphatic heterocycles. The van der Waals surface area contributed by atoms with E-state index in [2.05, 4.69) is 4.98 Å². The second-order valence-electron chi connectivity index (χ2n) is 6.03. The van der Waals surface area contributed by atoms with Gasteiger partial charge in [-0.15, -0.1) is 0 Å². The zero-order chi connectivity index (χ0) is 19.4. The van der Waals surface area contributed by atoms with Gasteiger partial charge in [-0.1, -0.05) is 6.07 Å². The van der Waals surface area contributed by atoms with Crippen molar-refractivity contribution in [1.29, 1.82) is 0 Å². The molecule has 2 aromatic rings. The molecule has 0 unspecified atom stereocenters. The van der Waals surface area contributed by atoms with Crippen molar-refractivity contribution in [1.82, 2.24) is 9.88 Å². The number of carbonyl (C=O) groups excluding carboxylic acids is 3. The lowest BCUT2D eigenvalue weighted by Crippen LogP contribution is -2.34. The number of benzene rings is 1. The highest BCUT2D eigenvalue weighted by Gasteiger charge is 2.19. The van der Waals surface area contributed by atoms with Crippen LogP contribution in [0.3, 0.4) is 0 Å². The van der Waals surface area contributed by atoms with Crippen LogP contribution in [-0.4, -0.2) is 47.5 Å². The summed E-state index contributed by atoms with van der Waals surface area (Å²) in [6, 6.07) is 6.89. The summed E-state index contributed by atoms with van der Waals surface area (Å²) in [7, 11) is 0. The van der Waals surface area contributed by atoms with Gasteiger partial charge in [0.25, 0.3) is 5.91 Å². The predicted molar refractivity (Wildman–Crippen MR) is 94.7 cm³/mol. The second kappa shape index (κ2) is 7.94. The number of esters is 1. The monoisotopic (exact) mass is 372 g/mol. The van der Waals surface area contributed by atoms with Gasteiger partial charge < -0.3 is 24.1 Å². The Morgan fingerprint density at radius 2 is 1.96 bits per heavy atom. The molecule has 142 valence electrons. The molecule has 2 heterocycles. The van der Waals surface area contributed by atoms with Crippen LogP contribution >= 0.6 is 0 Å². The van der Waals surface area contributed by atoms with Crippen molar-refractivity contribution in [2.75, 3.05) is 19.9 Å². The summed E-state index contributed by atoms with van der Waals surface area (Å²) >= 11 is 0. The smallest absolute Gasteiger partial charge is 0.355 e. The van der Waals surface area contributed by atoms with Gasteiger partial charge in [-0.2, -0.15) is 0 Å². The fourth-order valence-corrected chi connectivity index (χ4v) is 2.65. The van der Waals surface area contributed by atoms with Crippen LogP contribution in [0.4, 0.5) is 0 Å². The molecular weight excluding hydrogens is 352 g/mol. The van der Waals surface area contributed by atoms with Crippen LogP contribution in [-0.2, 0) is 16.1 Å². The van der Waals surface area contributed by atoms with E-state index < -0.39 is 5.97 Å². The summed E-state index contributed by atoms with van der Waals surface area (Å²) in [5.74, 6) is 0.160. The Bertz CT molecular complexity index is 873. The number of nitrogens with one attached hydrogen (secondary N) is 1. The standard InChI is InChI=1S/C19H20N2O6/c1-3-21(9-13-4-5-16-17(6-13)27-11-26-16)18(23)10-25-19(24)15-7-14(8-20-15)12(2)22/h4-8,20H,3,9-11H2,1-2H3. The Morgan fingerprint density at radius 3 is 2.67 bits per heavy atom. The molecule has 0 saturated carbocycles. The van der Waals surface area contributed by atoms with Crippen LogP contribution in [0.5, 0.6) is 11.5 Å². The zero-order valence-corrected chi connectivity index (χ0v) is 15.1. The third-order valence-corrected chi connectivity index (χ3v) is 4.18. The van der Waals surface area contributed by atoms with E-state index in [1.165, 1.54) is 19.2 Å². The molecule has 27 heavy (non-hydrogen) atoms. The molecule has 1 N–H and O–H groups in total. The van der Waals surface area contributed by atoms with Gasteiger partial charge in [-0.3, -0.25) is 9.59 Å². The Morgan fingerprint density at radius 1 is 1.19 bits per heavy atom. The first-order chi connectivity index (χ1) is 13.0. The summed E-state index contributed by atoms with van der Waals surface area (Å²) in [6.07, 6.45) is 1.43. The molecule has 0 saturated heterocycles. The van der Waals surface area contributed by atoms with E-state index in [-0.39, 0.29) is 30.8 Å². The minimum Gasteiger partial charge on any atom is -0.454 e. The number of fused-ring (bicyclic) bond motifs is 1. The average molecular weight is 372 g/mol. The van der Waals surface area contributed by atoms with Crippen molar-refractivity contribution in [3.63, 3.8) is 0 Å². The van der Waals surface area contributed by atoms with Gasteiger partial charge in [0.15, 0.2) is 23.9 Å². The number of ketones is 1. The molecule has 0 radical (unpaired) electrons. The number of likely N-dealkylation sites (N-methyl/N-ethyl adjacent to an activating group) is 1. The summed E-state index contributed by atoms with van der Waals surface area (Å²) in [4.78, 5) is 39.9. The van der Waals surface area contributed by atoms with Crippen molar-refractivity contribution in [2.45, 2.75) is 20.4 Å². The largest absolute Gasteiger partial charge is 0.454 e. The molecule has 0 fully saturated rings. The third-order valence-electron chi connectivity index (χ3n) is 4.18. The molecule has 8 heteroatoms. The highest BCUT2D eigenvalue weighted by molar-refractivity contribution is 5.97. The number of aromatic nitrogens is 1. The Hall–Kier alpha value is -3.29. The first kappa shape index (κ1) is 18.5. The molecule has 0 atom stereocenters. The highest BCUT2D eigenvalue weighted by Crippen LogP contribution is 2.32. The number of amides is 1. The molecule has 1 aliphatic rings. The third kappa shape index (κ3) is 4.28. The molecule has 1 aromatic carbocycles. The van der Waals surface area contributed by atoms with E-state index in [0.717, 1.165) is 5.56 Å². The molecular formula is C19H20N2O6. The van der Waals surface area contributed by atoms with Gasteiger partial charge in [0.2, 0.25) is 6.79 Å². The molecule has 0 bridgehead atoms. The Kier molecular flexibility index (Phi) is 5.44. The second-order valence-corrected chi connectivity index (χ2v) is 6.03. The van der Waals surface area contributed by atoms with Gasteiger partial charge >= 0.3 is 5.97 Å². The lowest BCUT2D eigenvalue weighted by atomic mass is 10.2. The molecule has 1 aromatic heterocycles. The summed E-state index contributed by atoms with van der Waals surface area (Å²) in [5, 5.41) is 0. The summed E-state index contributed by atoms with van der Waals surface area (Å²) in [6.45, 7) is 3.87. The fraction of sp³-hybridized carbons (Fsp3) is 0.316. The van der Waals surface area contributed by atoms with Crippen LogP contribution in [0.2, 0.25) is 0 Å². The maximum Gasteiger partial charge on any atom is 0.355 e. The molecule has 3 rings (SSSR count). The van der Waals surface area contributed by atoms with Crippen molar-refractivity contribution >= 4 is 17.7 Å². The highest BCUT2D eigenvalue weighted by atomic mass is 16.7. The number of carbonyl (C=O) groups is 3. The van der Waals surface area contributed by atoms with Gasteiger partial charge in [-0.05, 0) is 37.6 Å². The number of nitrogens with zero attached hydrogens (tertiary/aromatic N) is 1. The average Bonchev–Trinajstić information content (AvgIpc) is 3.32. The lowest BCUT2D eigenvalue weighted by molar-refractivity contribution is -0.135. The van der Waals surface area contributed by atoms with Crippen molar-refractivity contribution in [3.05, 3.63) is 47.3 Å². The fourth-order valence-electron chi connectivity index (χ4n) is 2.65. The van der Waals surface area contributed by atoms with Gasteiger partial charge in [0.1, 0.15) is 5.69 Å². The van der Waals surface area contributed by atoms with E-state index in [4.69, 9.17) is 14.2 Å². The maximum atomic E-state index is 12.4. The maximum absolute atomic E-state index is 12.4. The number of H-pyrrole nitrogens is 1.